The van der Waals surface area contributed by atoms with Crippen LogP contribution in [0.5, 0.6) is 0 Å². The molecule has 0 spiro atoms. The summed E-state index contributed by atoms with van der Waals surface area (Å²) in [6.07, 6.45) is 0. The number of hydrogen-bond acceptors (Lipinski definition) is 2. The van der Waals surface area contributed by atoms with Crippen LogP contribution in [0.15, 0.2) is 24.3 Å². The van der Waals surface area contributed by atoms with Gasteiger partial charge in [0, 0.05) is 13.6 Å². The average molecular weight is 282 g/mol. The largest absolute Gasteiger partial charge is 0.480 e. The summed E-state index contributed by atoms with van der Waals surface area (Å²) in [6.45, 7) is 4.77. The lowest BCUT2D eigenvalue weighted by molar-refractivity contribution is -0.146. The van der Waals surface area contributed by atoms with Crippen LogP contribution in [-0.4, -0.2) is 41.1 Å². The summed E-state index contributed by atoms with van der Waals surface area (Å²) in [5.41, 5.74) is -1.25. The number of nitrogens with zero attached hydrogens (tertiary/aromatic N) is 2. The molecular weight excluding hydrogens is 263 g/mol. The first kappa shape index (κ1) is 15.9. The molecule has 0 bridgehead atoms. The molecule has 0 radical (unpaired) electrons. The molecule has 6 heteroatoms. The second kappa shape index (κ2) is 5.90. The van der Waals surface area contributed by atoms with E-state index in [0.717, 1.165) is 4.90 Å². The summed E-state index contributed by atoms with van der Waals surface area (Å²) in [5, 5.41) is 9.15. The van der Waals surface area contributed by atoms with Crippen molar-refractivity contribution in [2.24, 2.45) is 0 Å². The zero-order valence-corrected chi connectivity index (χ0v) is 12.1. The molecule has 0 heterocycles. The molecule has 0 aliphatic rings. The van der Waals surface area contributed by atoms with Gasteiger partial charge >= 0.3 is 12.0 Å². The number of para-hydroxylation sites is 1. The maximum absolute atomic E-state index is 13.8. The Bertz CT molecular complexity index is 517. The van der Waals surface area contributed by atoms with Crippen LogP contribution < -0.4 is 4.90 Å². The summed E-state index contributed by atoms with van der Waals surface area (Å²) in [6, 6.07) is 5.33. The van der Waals surface area contributed by atoms with Crippen molar-refractivity contribution in [3.8, 4) is 0 Å². The van der Waals surface area contributed by atoms with Gasteiger partial charge in [0.2, 0.25) is 0 Å². The number of carboxylic acids is 1. The van der Waals surface area contributed by atoms with Crippen LogP contribution in [0.25, 0.3) is 0 Å². The van der Waals surface area contributed by atoms with Gasteiger partial charge in [-0.2, -0.15) is 0 Å². The highest BCUT2D eigenvalue weighted by molar-refractivity contribution is 5.95. The number of halogens is 1. The molecule has 0 atom stereocenters. The molecule has 5 nitrogen and oxygen atoms in total. The Kier molecular flexibility index (Phi) is 4.70. The summed E-state index contributed by atoms with van der Waals surface area (Å²) >= 11 is 0. The first-order valence-corrected chi connectivity index (χ1v) is 6.26. The van der Waals surface area contributed by atoms with Gasteiger partial charge in [-0.3, -0.25) is 4.90 Å². The highest BCUT2D eigenvalue weighted by Crippen LogP contribution is 2.22. The Morgan fingerprint density at radius 2 is 1.85 bits per heavy atom. The van der Waals surface area contributed by atoms with Gasteiger partial charge in [0.15, 0.2) is 0 Å². The predicted molar refractivity (Wildman–Crippen MR) is 74.3 cm³/mol. The molecule has 0 saturated heterocycles. The minimum Gasteiger partial charge on any atom is -0.480 e. The smallest absolute Gasteiger partial charge is 0.329 e. The Balaban J connectivity index is 3.11. The van der Waals surface area contributed by atoms with Gasteiger partial charge < -0.3 is 10.0 Å². The fraction of sp³-hybridized carbons (Fsp3) is 0.429. The summed E-state index contributed by atoms with van der Waals surface area (Å²) in [5.74, 6) is -1.65. The van der Waals surface area contributed by atoms with Crippen molar-refractivity contribution in [2.75, 3.05) is 18.5 Å². The molecule has 1 N–H and O–H groups in total. The molecule has 1 aromatic carbocycles. The second-order valence-electron chi connectivity index (χ2n) is 4.90. The van der Waals surface area contributed by atoms with Gasteiger partial charge in [-0.15, -0.1) is 0 Å². The lowest BCUT2D eigenvalue weighted by Gasteiger charge is -2.35. The summed E-state index contributed by atoms with van der Waals surface area (Å²) in [7, 11) is 1.39. The third-order valence-electron chi connectivity index (χ3n) is 3.34. The van der Waals surface area contributed by atoms with Crippen molar-refractivity contribution >= 4 is 17.7 Å². The topological polar surface area (TPSA) is 60.9 Å². The Morgan fingerprint density at radius 3 is 2.30 bits per heavy atom. The molecule has 2 amide bonds. The molecule has 1 aromatic rings. The van der Waals surface area contributed by atoms with Gasteiger partial charge in [-0.05, 0) is 32.9 Å². The third kappa shape index (κ3) is 2.89. The Hall–Kier alpha value is -2.11. The first-order chi connectivity index (χ1) is 9.23. The number of aliphatic carboxylic acids is 1. The van der Waals surface area contributed by atoms with Crippen molar-refractivity contribution in [2.45, 2.75) is 26.3 Å². The van der Waals surface area contributed by atoms with Gasteiger partial charge in [0.05, 0.1) is 5.69 Å². The van der Waals surface area contributed by atoms with Crippen LogP contribution >= 0.6 is 0 Å². The number of carboxylic acid groups (broad SMARTS) is 1. The van der Waals surface area contributed by atoms with Crippen LogP contribution in [0.4, 0.5) is 14.9 Å². The van der Waals surface area contributed by atoms with Crippen LogP contribution in [0.2, 0.25) is 0 Å². The average Bonchev–Trinajstić information content (AvgIpc) is 2.40. The van der Waals surface area contributed by atoms with E-state index < -0.39 is 23.4 Å². The SMILES string of the molecule is CCN(C(=O)N(C)C(C)(C)C(=O)O)c1ccccc1F. The Morgan fingerprint density at radius 1 is 1.30 bits per heavy atom. The molecule has 0 aromatic heterocycles. The number of rotatable bonds is 4. The van der Waals surface area contributed by atoms with Crippen LogP contribution in [0.1, 0.15) is 20.8 Å². The van der Waals surface area contributed by atoms with E-state index in [1.54, 1.807) is 13.0 Å². The molecule has 0 unspecified atom stereocenters. The highest BCUT2D eigenvalue weighted by Gasteiger charge is 2.37. The summed E-state index contributed by atoms with van der Waals surface area (Å²) in [4.78, 5) is 25.9. The van der Waals surface area contributed by atoms with Crippen LogP contribution in [-0.2, 0) is 4.79 Å². The van der Waals surface area contributed by atoms with E-state index >= 15 is 0 Å². The molecule has 0 fully saturated rings. The van der Waals surface area contributed by atoms with Gasteiger partial charge in [-0.1, -0.05) is 12.1 Å². The predicted octanol–water partition coefficient (Wildman–Crippen LogP) is 2.57. The van der Waals surface area contributed by atoms with Crippen LogP contribution in [0.3, 0.4) is 0 Å². The minimum atomic E-state index is -1.38. The van der Waals surface area contributed by atoms with E-state index in [4.69, 9.17) is 5.11 Å². The number of carbonyl (C=O) groups is 2. The van der Waals surface area contributed by atoms with E-state index in [9.17, 15) is 14.0 Å². The minimum absolute atomic E-state index is 0.132. The van der Waals surface area contributed by atoms with Crippen molar-refractivity contribution in [1.29, 1.82) is 0 Å². The van der Waals surface area contributed by atoms with Gasteiger partial charge in [-0.25, -0.2) is 14.0 Å². The van der Waals surface area contributed by atoms with Crippen molar-refractivity contribution in [1.82, 2.24) is 4.90 Å². The van der Waals surface area contributed by atoms with Gasteiger partial charge in [0.1, 0.15) is 11.4 Å². The fourth-order valence-electron chi connectivity index (χ4n) is 1.64. The zero-order valence-electron chi connectivity index (χ0n) is 12.1. The molecule has 0 saturated carbocycles. The lowest BCUT2D eigenvalue weighted by Crippen LogP contribution is -2.55. The van der Waals surface area contributed by atoms with E-state index in [-0.39, 0.29) is 12.2 Å². The number of hydrogen-bond donors (Lipinski definition) is 1. The zero-order chi connectivity index (χ0) is 15.5. The standard InChI is InChI=1S/C14H19FN2O3/c1-5-17(11-9-7-6-8-10(11)15)13(20)16(4)14(2,3)12(18)19/h6-9H,5H2,1-4H3,(H,18,19). The van der Waals surface area contributed by atoms with E-state index in [1.807, 2.05) is 0 Å². The van der Waals surface area contributed by atoms with Gasteiger partial charge in [0.25, 0.3) is 0 Å². The number of carbonyl (C=O) groups excluding carboxylic acids is 1. The van der Waals surface area contributed by atoms with E-state index in [1.165, 1.54) is 44.0 Å². The molecule has 1 rings (SSSR count). The second-order valence-corrected chi connectivity index (χ2v) is 4.90. The van der Waals surface area contributed by atoms with Crippen molar-refractivity contribution in [3.05, 3.63) is 30.1 Å². The fourth-order valence-corrected chi connectivity index (χ4v) is 1.64. The monoisotopic (exact) mass is 282 g/mol. The van der Waals surface area contributed by atoms with E-state index in [0.29, 0.717) is 0 Å². The Labute approximate surface area is 117 Å². The maximum Gasteiger partial charge on any atom is 0.329 e. The maximum atomic E-state index is 13.8. The highest BCUT2D eigenvalue weighted by atomic mass is 19.1. The normalized spacial score (nSPS) is 11.1. The van der Waals surface area contributed by atoms with Crippen molar-refractivity contribution < 1.29 is 19.1 Å². The number of likely N-dealkylation sites (N-methyl/N-ethyl adjacent to an activating group) is 1. The third-order valence-corrected chi connectivity index (χ3v) is 3.34. The first-order valence-electron chi connectivity index (χ1n) is 6.26. The molecule has 0 aliphatic carbocycles. The molecule has 110 valence electrons. The lowest BCUT2D eigenvalue weighted by atomic mass is 10.0. The summed E-state index contributed by atoms with van der Waals surface area (Å²) < 4.78 is 13.8. The molecule has 20 heavy (non-hydrogen) atoms. The van der Waals surface area contributed by atoms with E-state index in [2.05, 4.69) is 0 Å². The van der Waals surface area contributed by atoms with Crippen molar-refractivity contribution in [3.63, 3.8) is 0 Å². The molecular formula is C14H19FN2O3. The number of benzene rings is 1. The molecule has 0 aliphatic heterocycles. The number of anilines is 1. The van der Waals surface area contributed by atoms with Crippen LogP contribution in [0, 0.1) is 5.82 Å². The number of urea groups is 1. The quantitative estimate of drug-likeness (QED) is 0.923. The number of amides is 2.